The second-order valence-corrected chi connectivity index (χ2v) is 6.84. The van der Waals surface area contributed by atoms with Crippen molar-refractivity contribution < 1.29 is 4.74 Å². The Hall–Kier alpha value is -0.680. The van der Waals surface area contributed by atoms with Gasteiger partial charge in [-0.05, 0) is 31.6 Å². The van der Waals surface area contributed by atoms with Crippen LogP contribution in [0.4, 0.5) is 5.13 Å². The van der Waals surface area contributed by atoms with Gasteiger partial charge in [-0.3, -0.25) is 0 Å². The number of hydrogen-bond donors (Lipinski definition) is 1. The molecule has 0 bridgehead atoms. The minimum Gasteiger partial charge on any atom is -0.378 e. The van der Waals surface area contributed by atoms with Crippen LogP contribution >= 0.6 is 11.5 Å². The van der Waals surface area contributed by atoms with Crippen molar-refractivity contribution in [1.82, 2.24) is 9.36 Å². The molecule has 4 nitrogen and oxygen atoms in total. The van der Waals surface area contributed by atoms with Gasteiger partial charge in [0.25, 0.3) is 0 Å². The van der Waals surface area contributed by atoms with Crippen molar-refractivity contribution in [3.63, 3.8) is 0 Å². The number of ether oxygens (including phenoxy) is 1. The van der Waals surface area contributed by atoms with Gasteiger partial charge in [0, 0.05) is 30.1 Å². The summed E-state index contributed by atoms with van der Waals surface area (Å²) in [4.78, 5) is 4.63. The summed E-state index contributed by atoms with van der Waals surface area (Å²) in [5.41, 5.74) is 0. The van der Waals surface area contributed by atoms with E-state index in [-0.39, 0.29) is 0 Å². The Morgan fingerprint density at radius 1 is 1.30 bits per heavy atom. The van der Waals surface area contributed by atoms with E-state index in [0.29, 0.717) is 24.0 Å². The molecule has 5 heteroatoms. The van der Waals surface area contributed by atoms with Gasteiger partial charge in [-0.25, -0.2) is 4.98 Å². The van der Waals surface area contributed by atoms with Crippen molar-refractivity contribution >= 4 is 16.7 Å². The lowest BCUT2D eigenvalue weighted by atomic mass is 9.89. The average molecular weight is 295 g/mol. The lowest BCUT2D eigenvalue weighted by Gasteiger charge is -2.34. The van der Waals surface area contributed by atoms with Crippen molar-refractivity contribution in [2.24, 2.45) is 5.92 Å². The van der Waals surface area contributed by atoms with E-state index in [4.69, 9.17) is 4.74 Å². The molecule has 1 aliphatic carbocycles. The van der Waals surface area contributed by atoms with E-state index in [1.165, 1.54) is 37.2 Å². The summed E-state index contributed by atoms with van der Waals surface area (Å²) >= 11 is 1.52. The van der Waals surface area contributed by atoms with E-state index in [0.717, 1.165) is 30.4 Å². The van der Waals surface area contributed by atoms with Gasteiger partial charge in [0.05, 0.1) is 6.10 Å². The Labute approximate surface area is 125 Å². The summed E-state index contributed by atoms with van der Waals surface area (Å²) in [6.07, 6.45) is 7.54. The SMILES string of the molecule is CCC(CC)C1CC(Nc2nc(C3CC3)ns2)CCO1. The molecule has 3 rings (SSSR count). The third kappa shape index (κ3) is 3.31. The summed E-state index contributed by atoms with van der Waals surface area (Å²) in [6.45, 7) is 5.40. The number of anilines is 1. The van der Waals surface area contributed by atoms with Crippen LogP contribution in [-0.4, -0.2) is 28.1 Å². The highest BCUT2D eigenvalue weighted by Gasteiger charge is 2.30. The molecule has 1 N–H and O–H groups in total. The number of nitrogens with zero attached hydrogens (tertiary/aromatic N) is 2. The summed E-state index contributed by atoms with van der Waals surface area (Å²) in [6, 6.07) is 0.495. The van der Waals surface area contributed by atoms with E-state index in [9.17, 15) is 0 Å². The summed E-state index contributed by atoms with van der Waals surface area (Å²) in [5.74, 6) is 2.39. The summed E-state index contributed by atoms with van der Waals surface area (Å²) in [5, 5.41) is 4.58. The molecule has 1 saturated carbocycles. The lowest BCUT2D eigenvalue weighted by molar-refractivity contribution is -0.0271. The molecule has 2 aliphatic rings. The molecule has 2 fully saturated rings. The highest BCUT2D eigenvalue weighted by atomic mass is 32.1. The van der Waals surface area contributed by atoms with Crippen LogP contribution in [0.1, 0.15) is 64.1 Å². The first-order valence-corrected chi connectivity index (χ1v) is 8.79. The molecule has 0 aromatic carbocycles. The molecule has 0 radical (unpaired) electrons. The van der Waals surface area contributed by atoms with E-state index in [1.807, 2.05) is 0 Å². The molecular formula is C15H25N3OS. The van der Waals surface area contributed by atoms with Crippen molar-refractivity contribution in [2.75, 3.05) is 11.9 Å². The van der Waals surface area contributed by atoms with Crippen molar-refractivity contribution in [3.05, 3.63) is 5.82 Å². The highest BCUT2D eigenvalue weighted by molar-refractivity contribution is 7.09. The maximum atomic E-state index is 5.97. The molecule has 0 amide bonds. The van der Waals surface area contributed by atoms with E-state index in [2.05, 4.69) is 28.5 Å². The first-order valence-electron chi connectivity index (χ1n) is 8.01. The molecule has 1 aliphatic heterocycles. The fourth-order valence-corrected chi connectivity index (χ4v) is 3.80. The van der Waals surface area contributed by atoms with Gasteiger partial charge in [0.1, 0.15) is 5.82 Å². The fourth-order valence-electron chi connectivity index (χ4n) is 3.08. The highest BCUT2D eigenvalue weighted by Crippen LogP contribution is 2.39. The Morgan fingerprint density at radius 2 is 2.10 bits per heavy atom. The average Bonchev–Trinajstić information content (AvgIpc) is 3.22. The molecule has 0 spiro atoms. The second-order valence-electron chi connectivity index (χ2n) is 6.08. The van der Waals surface area contributed by atoms with Crippen LogP contribution in [0.15, 0.2) is 0 Å². The van der Waals surface area contributed by atoms with Gasteiger partial charge < -0.3 is 10.1 Å². The molecule has 1 aromatic rings. The quantitative estimate of drug-likeness (QED) is 0.867. The smallest absolute Gasteiger partial charge is 0.202 e. The Morgan fingerprint density at radius 3 is 2.80 bits per heavy atom. The maximum Gasteiger partial charge on any atom is 0.202 e. The van der Waals surface area contributed by atoms with Gasteiger partial charge in [-0.15, -0.1) is 0 Å². The van der Waals surface area contributed by atoms with Crippen LogP contribution < -0.4 is 5.32 Å². The van der Waals surface area contributed by atoms with Gasteiger partial charge in [0.2, 0.25) is 5.13 Å². The van der Waals surface area contributed by atoms with E-state index < -0.39 is 0 Å². The van der Waals surface area contributed by atoms with Crippen molar-refractivity contribution in [1.29, 1.82) is 0 Å². The van der Waals surface area contributed by atoms with E-state index in [1.54, 1.807) is 0 Å². The molecule has 1 saturated heterocycles. The first kappa shape index (κ1) is 14.3. The fraction of sp³-hybridized carbons (Fsp3) is 0.867. The Kier molecular flexibility index (Phi) is 4.56. The predicted molar refractivity (Wildman–Crippen MR) is 82.3 cm³/mol. The minimum atomic E-state index is 0.409. The topological polar surface area (TPSA) is 47.0 Å². The number of rotatable bonds is 6. The number of nitrogens with one attached hydrogen (secondary N) is 1. The zero-order valence-corrected chi connectivity index (χ0v) is 13.3. The van der Waals surface area contributed by atoms with Gasteiger partial charge in [0.15, 0.2) is 0 Å². The molecule has 20 heavy (non-hydrogen) atoms. The summed E-state index contributed by atoms with van der Waals surface area (Å²) < 4.78 is 10.4. The maximum absolute atomic E-state index is 5.97. The van der Waals surface area contributed by atoms with Crippen LogP contribution in [0.25, 0.3) is 0 Å². The molecule has 1 aromatic heterocycles. The number of aromatic nitrogens is 2. The third-order valence-electron chi connectivity index (χ3n) is 4.60. The molecule has 112 valence electrons. The van der Waals surface area contributed by atoms with Crippen molar-refractivity contribution in [3.8, 4) is 0 Å². The van der Waals surface area contributed by atoms with Crippen LogP contribution in [-0.2, 0) is 4.74 Å². The third-order valence-corrected chi connectivity index (χ3v) is 5.26. The normalized spacial score (nSPS) is 26.9. The molecular weight excluding hydrogens is 270 g/mol. The predicted octanol–water partition coefficient (Wildman–Crippen LogP) is 3.81. The lowest BCUT2D eigenvalue weighted by Crippen LogP contribution is -2.37. The standard InChI is InChI=1S/C15H25N3OS/c1-3-10(4-2)13-9-12(7-8-19-13)16-15-17-14(18-20-15)11-5-6-11/h10-13H,3-9H2,1-2H3,(H,16,17,18). The van der Waals surface area contributed by atoms with E-state index >= 15 is 0 Å². The first-order chi connectivity index (χ1) is 9.80. The minimum absolute atomic E-state index is 0.409. The van der Waals surface area contributed by atoms with Crippen LogP contribution in [0, 0.1) is 5.92 Å². The molecule has 2 heterocycles. The van der Waals surface area contributed by atoms with Crippen LogP contribution in [0.3, 0.4) is 0 Å². The Bertz CT molecular complexity index is 429. The van der Waals surface area contributed by atoms with Crippen molar-refractivity contribution in [2.45, 2.75) is 70.4 Å². The Balaban J connectivity index is 1.56. The zero-order chi connectivity index (χ0) is 13.9. The van der Waals surface area contributed by atoms with Gasteiger partial charge >= 0.3 is 0 Å². The molecule has 2 unspecified atom stereocenters. The number of hydrogen-bond acceptors (Lipinski definition) is 5. The monoisotopic (exact) mass is 295 g/mol. The van der Waals surface area contributed by atoms with Crippen LogP contribution in [0.2, 0.25) is 0 Å². The van der Waals surface area contributed by atoms with Gasteiger partial charge in [-0.1, -0.05) is 26.7 Å². The molecule has 2 atom stereocenters. The second kappa shape index (κ2) is 6.39. The summed E-state index contributed by atoms with van der Waals surface area (Å²) in [7, 11) is 0. The van der Waals surface area contributed by atoms with Gasteiger partial charge in [-0.2, -0.15) is 4.37 Å². The van der Waals surface area contributed by atoms with Crippen LogP contribution in [0.5, 0.6) is 0 Å². The zero-order valence-electron chi connectivity index (χ0n) is 12.5. The largest absolute Gasteiger partial charge is 0.378 e.